The van der Waals surface area contributed by atoms with Gasteiger partial charge in [-0.1, -0.05) is 49.7 Å². The largest absolute Gasteiger partial charge is 0.385 e. The second-order valence-corrected chi connectivity index (χ2v) is 19.4. The van der Waals surface area contributed by atoms with Crippen LogP contribution in [0.1, 0.15) is 96.1 Å². The summed E-state index contributed by atoms with van der Waals surface area (Å²) in [6.45, 7) is 10.7. The molecule has 0 radical (unpaired) electrons. The average Bonchev–Trinajstić information content (AvgIpc) is 3.79. The SMILES string of the molecule is CC1CCCCn2ncc(-c3nc(Nc4ccc(N5CC6(CN(Cc7ccc(CN8CCC(O)(c9ccc%10c(c9)CN(C9CCC(=O)NC9=O)C%10=O)CC8)cc7)C6)C5)cn4)ncc3F)c21. The Labute approximate surface area is 377 Å². The molecule has 4 saturated heterocycles. The zero-order valence-corrected chi connectivity index (χ0v) is 36.7. The third-order valence-electron chi connectivity index (χ3n) is 14.7. The smallest absolute Gasteiger partial charge is 0.255 e. The molecule has 15 nitrogen and oxygen atoms in total. The number of anilines is 3. The number of nitrogens with zero attached hydrogens (tertiary/aromatic N) is 9. The first-order chi connectivity index (χ1) is 31.5. The number of likely N-dealkylation sites (tertiary alicyclic amines) is 2. The summed E-state index contributed by atoms with van der Waals surface area (Å²) in [7, 11) is 0. The van der Waals surface area contributed by atoms with Crippen molar-refractivity contribution in [2.75, 3.05) is 49.5 Å². The lowest BCUT2D eigenvalue weighted by Gasteiger charge is -2.61. The molecule has 0 bridgehead atoms. The molecule has 2 unspecified atom stereocenters. The van der Waals surface area contributed by atoms with Gasteiger partial charge in [0, 0.05) is 88.4 Å². The van der Waals surface area contributed by atoms with Gasteiger partial charge in [0.1, 0.15) is 17.6 Å². The van der Waals surface area contributed by atoms with E-state index < -0.39 is 23.4 Å². The van der Waals surface area contributed by atoms with Crippen molar-refractivity contribution >= 4 is 35.2 Å². The van der Waals surface area contributed by atoms with Crippen LogP contribution in [0.15, 0.2) is 73.2 Å². The first kappa shape index (κ1) is 41.6. The summed E-state index contributed by atoms with van der Waals surface area (Å²) in [6.07, 6.45) is 9.77. The normalized spacial score (nSPS) is 22.8. The Hall–Kier alpha value is -6.10. The van der Waals surface area contributed by atoms with Gasteiger partial charge in [0.15, 0.2) is 5.82 Å². The number of hydrogen-bond acceptors (Lipinski definition) is 12. The predicted octanol–water partition coefficient (Wildman–Crippen LogP) is 5.47. The van der Waals surface area contributed by atoms with Gasteiger partial charge >= 0.3 is 0 Å². The van der Waals surface area contributed by atoms with Crippen molar-refractivity contribution < 1.29 is 23.9 Å². The van der Waals surface area contributed by atoms with E-state index in [1.54, 1.807) is 17.2 Å². The van der Waals surface area contributed by atoms with Gasteiger partial charge in [-0.3, -0.25) is 34.2 Å². The molecule has 5 aromatic rings. The number of carbonyl (C=O) groups is 3. The molecule has 1 spiro atoms. The summed E-state index contributed by atoms with van der Waals surface area (Å²) in [6, 6.07) is 17.8. The van der Waals surface area contributed by atoms with Gasteiger partial charge in [-0.25, -0.2) is 19.3 Å². The van der Waals surface area contributed by atoms with E-state index in [9.17, 15) is 19.5 Å². The first-order valence-electron chi connectivity index (χ1n) is 23.1. The standard InChI is InChI=1S/C49H54FN11O4/c1-31-4-2-3-17-61-44(31)38(22-53-61)43-39(50)23-52-47(56-43)54-41-13-10-36(21-51-41)59-29-48(30-59)27-58(28-48)25-33-7-5-32(6-8-33)24-57-18-15-49(65,16-19-57)35-9-11-37-34(20-35)26-60(46(37)64)40-12-14-42(62)55-45(40)63/h5-11,13,20-23,31,40,65H,2-4,12,14-19,24-30H2,1H3,(H,55,62,63)(H,51,52,54,56). The van der Waals surface area contributed by atoms with E-state index in [1.807, 2.05) is 29.1 Å². The summed E-state index contributed by atoms with van der Waals surface area (Å²) in [5.41, 5.74) is 7.16. The number of piperidine rings is 2. The number of aryl methyl sites for hydroxylation is 1. The van der Waals surface area contributed by atoms with E-state index in [0.717, 1.165) is 106 Å². The molecule has 16 heteroatoms. The van der Waals surface area contributed by atoms with Crippen LogP contribution in [0, 0.1) is 11.2 Å². The molecule has 65 heavy (non-hydrogen) atoms. The van der Waals surface area contributed by atoms with E-state index in [2.05, 4.69) is 82.6 Å². The molecule has 3 amide bonds. The van der Waals surface area contributed by atoms with E-state index in [4.69, 9.17) is 0 Å². The number of hydrogen-bond donors (Lipinski definition) is 3. The minimum absolute atomic E-state index is 0.204. The molecule has 0 saturated carbocycles. The molecule has 9 heterocycles. The van der Waals surface area contributed by atoms with E-state index in [0.29, 0.717) is 48.6 Å². The molecule has 336 valence electrons. The highest BCUT2D eigenvalue weighted by molar-refractivity contribution is 6.05. The maximum atomic E-state index is 15.1. The van der Waals surface area contributed by atoms with Crippen LogP contribution in [-0.4, -0.2) is 108 Å². The van der Waals surface area contributed by atoms with Crippen molar-refractivity contribution in [2.45, 2.75) is 95.6 Å². The van der Waals surface area contributed by atoms with Crippen LogP contribution in [0.3, 0.4) is 0 Å². The fourth-order valence-electron chi connectivity index (χ4n) is 11.2. The Morgan fingerprint density at radius 2 is 1.62 bits per heavy atom. The fourth-order valence-corrected chi connectivity index (χ4v) is 11.2. The third-order valence-corrected chi connectivity index (χ3v) is 14.7. The van der Waals surface area contributed by atoms with Gasteiger partial charge in [0.05, 0.1) is 35.6 Å². The molecule has 4 fully saturated rings. The van der Waals surface area contributed by atoms with Crippen LogP contribution in [0.25, 0.3) is 11.3 Å². The first-order valence-corrected chi connectivity index (χ1v) is 23.1. The number of amides is 3. The fraction of sp³-hybridized carbons (Fsp3) is 0.449. The van der Waals surface area contributed by atoms with Gasteiger partial charge in [0.2, 0.25) is 17.8 Å². The molecule has 6 aliphatic rings. The van der Waals surface area contributed by atoms with Crippen LogP contribution in [0.2, 0.25) is 0 Å². The van der Waals surface area contributed by atoms with Crippen LogP contribution >= 0.6 is 0 Å². The van der Waals surface area contributed by atoms with Gasteiger partial charge < -0.3 is 20.2 Å². The second-order valence-electron chi connectivity index (χ2n) is 19.4. The molecule has 3 aromatic heterocycles. The molecule has 6 aliphatic heterocycles. The Balaban J connectivity index is 0.626. The molecule has 11 rings (SSSR count). The number of fused-ring (bicyclic) bond motifs is 2. The quantitative estimate of drug-likeness (QED) is 0.152. The molecule has 0 aliphatic carbocycles. The van der Waals surface area contributed by atoms with Gasteiger partial charge in [-0.15, -0.1) is 0 Å². The molecule has 2 aromatic carbocycles. The van der Waals surface area contributed by atoms with Crippen LogP contribution in [0.4, 0.5) is 21.8 Å². The lowest BCUT2D eigenvalue weighted by Crippen LogP contribution is -2.71. The van der Waals surface area contributed by atoms with E-state index in [1.165, 1.54) is 17.3 Å². The predicted molar refractivity (Wildman–Crippen MR) is 240 cm³/mol. The lowest BCUT2D eigenvalue weighted by molar-refractivity contribution is -0.136. The van der Waals surface area contributed by atoms with Crippen molar-refractivity contribution in [1.29, 1.82) is 0 Å². The monoisotopic (exact) mass is 879 g/mol. The number of pyridine rings is 1. The molecular weight excluding hydrogens is 826 g/mol. The van der Waals surface area contributed by atoms with Crippen LogP contribution in [0.5, 0.6) is 0 Å². The number of rotatable bonds is 10. The Bertz CT molecular complexity index is 2650. The Morgan fingerprint density at radius 3 is 2.35 bits per heavy atom. The van der Waals surface area contributed by atoms with E-state index >= 15 is 4.39 Å². The van der Waals surface area contributed by atoms with Crippen molar-refractivity contribution in [2.24, 2.45) is 5.41 Å². The molecule has 3 N–H and O–H groups in total. The van der Waals surface area contributed by atoms with Crippen LogP contribution in [-0.2, 0) is 41.4 Å². The highest BCUT2D eigenvalue weighted by atomic mass is 19.1. The van der Waals surface area contributed by atoms with Crippen molar-refractivity contribution in [1.82, 2.24) is 44.7 Å². The number of nitrogens with one attached hydrogen (secondary N) is 2. The Kier molecular flexibility index (Phi) is 10.5. The van der Waals surface area contributed by atoms with Gasteiger partial charge in [-0.2, -0.15) is 5.10 Å². The van der Waals surface area contributed by atoms with Gasteiger partial charge in [0.25, 0.3) is 5.91 Å². The number of aromatic nitrogens is 5. The Morgan fingerprint density at radius 1 is 0.846 bits per heavy atom. The van der Waals surface area contributed by atoms with Crippen LogP contribution < -0.4 is 15.5 Å². The topological polar surface area (TPSA) is 165 Å². The number of benzene rings is 2. The maximum absolute atomic E-state index is 15.1. The van der Waals surface area contributed by atoms with Crippen molar-refractivity contribution in [3.63, 3.8) is 0 Å². The average molecular weight is 880 g/mol. The minimum Gasteiger partial charge on any atom is -0.385 e. The third kappa shape index (κ3) is 7.95. The summed E-state index contributed by atoms with van der Waals surface area (Å²) >= 11 is 0. The highest BCUT2D eigenvalue weighted by Gasteiger charge is 2.51. The summed E-state index contributed by atoms with van der Waals surface area (Å²) < 4.78 is 17.1. The van der Waals surface area contributed by atoms with Crippen molar-refractivity contribution in [3.05, 3.63) is 113 Å². The number of carbonyl (C=O) groups excluding carboxylic acids is 3. The van der Waals surface area contributed by atoms with E-state index in [-0.39, 0.29) is 29.8 Å². The summed E-state index contributed by atoms with van der Waals surface area (Å²) in [5.74, 6) is -0.228. The number of imide groups is 1. The van der Waals surface area contributed by atoms with Gasteiger partial charge in [-0.05, 0) is 78.5 Å². The molecule has 2 atom stereocenters. The zero-order chi connectivity index (χ0) is 44.5. The number of aliphatic hydroxyl groups is 1. The van der Waals surface area contributed by atoms with Crippen molar-refractivity contribution in [3.8, 4) is 11.3 Å². The maximum Gasteiger partial charge on any atom is 0.255 e. The highest BCUT2D eigenvalue weighted by Crippen LogP contribution is 2.43. The minimum atomic E-state index is -0.987. The second kappa shape index (κ2) is 16.4. The molecular formula is C49H54FN11O4. The summed E-state index contributed by atoms with van der Waals surface area (Å²) in [5, 5.41) is 21.8. The lowest BCUT2D eigenvalue weighted by atomic mass is 9.72. The zero-order valence-electron chi connectivity index (χ0n) is 36.7. The number of halogens is 1. The summed E-state index contributed by atoms with van der Waals surface area (Å²) in [4.78, 5) is 59.6.